The Labute approximate surface area is 451 Å². The lowest BCUT2D eigenvalue weighted by Gasteiger charge is -2.43. The lowest BCUT2D eigenvalue weighted by atomic mass is 9.78. The Morgan fingerprint density at radius 2 is 1.59 bits per heavy atom. The van der Waals surface area contributed by atoms with E-state index < -0.39 is 77.8 Å². The number of allylic oxidation sites excluding steroid dienone is 7. The summed E-state index contributed by atoms with van der Waals surface area (Å²) in [6, 6.07) is 4.37. The summed E-state index contributed by atoms with van der Waals surface area (Å²) >= 11 is 0. The van der Waals surface area contributed by atoms with Crippen molar-refractivity contribution in [1.29, 1.82) is 0 Å². The molecule has 3 aliphatic heterocycles. The van der Waals surface area contributed by atoms with Gasteiger partial charge in [-0.15, -0.1) is 0 Å². The van der Waals surface area contributed by atoms with Gasteiger partial charge < -0.3 is 53.4 Å². The van der Waals surface area contributed by atoms with Crippen molar-refractivity contribution in [2.24, 2.45) is 35.5 Å². The molecule has 3 N–H and O–H groups in total. The first kappa shape index (κ1) is 62.3. The van der Waals surface area contributed by atoms with Crippen molar-refractivity contribution in [3.8, 4) is 11.5 Å². The van der Waals surface area contributed by atoms with E-state index in [0.717, 1.165) is 11.1 Å². The first-order valence-electron chi connectivity index (χ1n) is 27.6. The van der Waals surface area contributed by atoms with Gasteiger partial charge in [0, 0.05) is 63.5 Å². The van der Waals surface area contributed by atoms with Crippen LogP contribution in [0.2, 0.25) is 0 Å². The van der Waals surface area contributed by atoms with Crippen LogP contribution in [0.15, 0.2) is 65.8 Å². The smallest absolute Gasteiger partial charge is 0.329 e. The second-order valence-electron chi connectivity index (χ2n) is 22.2. The average molecular weight is 1060 g/mol. The number of hydrogen-bond donors (Lipinski definition) is 3. The highest BCUT2D eigenvalue weighted by Gasteiger charge is 2.53. The molecule has 424 valence electrons. The van der Waals surface area contributed by atoms with Gasteiger partial charge in [0.2, 0.25) is 5.79 Å². The molecule has 1 aliphatic carbocycles. The second-order valence-corrected chi connectivity index (χ2v) is 22.2. The van der Waals surface area contributed by atoms with E-state index in [2.05, 4.69) is 0 Å². The first-order valence-corrected chi connectivity index (χ1v) is 27.6. The van der Waals surface area contributed by atoms with E-state index in [1.54, 1.807) is 48.2 Å². The minimum absolute atomic E-state index is 0.0259. The van der Waals surface area contributed by atoms with Gasteiger partial charge in [-0.1, -0.05) is 76.6 Å². The fourth-order valence-corrected chi connectivity index (χ4v) is 11.6. The summed E-state index contributed by atoms with van der Waals surface area (Å²) in [5.41, 5.74) is 2.07. The van der Waals surface area contributed by atoms with Crippen LogP contribution in [-0.2, 0) is 47.7 Å². The van der Waals surface area contributed by atoms with Crippen molar-refractivity contribution in [3.63, 3.8) is 0 Å². The first-order chi connectivity index (χ1) is 36.2. The van der Waals surface area contributed by atoms with E-state index in [9.17, 15) is 39.3 Å². The molecule has 1 aromatic rings. The van der Waals surface area contributed by atoms with Crippen molar-refractivity contribution in [2.75, 3.05) is 48.2 Å². The molecule has 4 aliphatic rings. The Hall–Kier alpha value is -4.55. The highest BCUT2D eigenvalue weighted by atomic mass is 16.6. The number of nitrogens with zero attached hydrogens (tertiary/aromatic N) is 1. The van der Waals surface area contributed by atoms with Crippen molar-refractivity contribution < 1.29 is 72.5 Å². The van der Waals surface area contributed by atoms with E-state index in [1.807, 2.05) is 76.3 Å². The third-order valence-corrected chi connectivity index (χ3v) is 16.4. The number of Topliss-reactive ketones (excluding diaryl/α,β-unsaturated/α-hetero) is 3. The third kappa shape index (κ3) is 16.3. The molecule has 3 fully saturated rings. The van der Waals surface area contributed by atoms with Crippen LogP contribution in [0.25, 0.3) is 0 Å². The minimum atomic E-state index is -2.51. The van der Waals surface area contributed by atoms with Gasteiger partial charge in [0.1, 0.15) is 48.2 Å². The van der Waals surface area contributed by atoms with E-state index >= 15 is 0 Å². The maximum absolute atomic E-state index is 14.6. The van der Waals surface area contributed by atoms with Gasteiger partial charge in [0.15, 0.2) is 5.78 Å². The monoisotopic (exact) mass is 1060 g/mol. The van der Waals surface area contributed by atoms with E-state index in [0.29, 0.717) is 94.5 Å². The predicted molar refractivity (Wildman–Crippen MR) is 287 cm³/mol. The van der Waals surface area contributed by atoms with Gasteiger partial charge in [-0.25, -0.2) is 4.79 Å². The molecule has 3 heterocycles. The van der Waals surface area contributed by atoms with Crippen LogP contribution in [0.1, 0.15) is 137 Å². The van der Waals surface area contributed by atoms with Crippen molar-refractivity contribution in [3.05, 3.63) is 71.4 Å². The summed E-state index contributed by atoms with van der Waals surface area (Å²) in [5.74, 6) is -7.54. The molecule has 2 bridgehead atoms. The van der Waals surface area contributed by atoms with Crippen LogP contribution in [-0.4, -0.2) is 146 Å². The second kappa shape index (κ2) is 29.4. The van der Waals surface area contributed by atoms with Crippen molar-refractivity contribution in [2.45, 2.75) is 180 Å². The molecular weight excluding hydrogens is 975 g/mol. The number of ketones is 3. The molecule has 16 heteroatoms. The zero-order valence-corrected chi connectivity index (χ0v) is 47.1. The quantitative estimate of drug-likeness (QED) is 0.0829. The number of amides is 1. The molecule has 0 radical (unpaired) electrons. The molecule has 5 rings (SSSR count). The number of methoxy groups -OCH3 is 4. The lowest BCUT2D eigenvalue weighted by Crippen LogP contribution is -2.60. The van der Waals surface area contributed by atoms with E-state index in [4.69, 9.17) is 33.2 Å². The van der Waals surface area contributed by atoms with Crippen molar-refractivity contribution >= 4 is 29.2 Å². The fraction of sp³-hybridized carbons (Fsp3) is 0.683. The number of hydrogen-bond acceptors (Lipinski definition) is 15. The predicted octanol–water partition coefficient (Wildman–Crippen LogP) is 7.98. The number of aliphatic hydroxyl groups is 3. The molecular formula is C60H89NO15. The fourth-order valence-electron chi connectivity index (χ4n) is 11.6. The van der Waals surface area contributed by atoms with Crippen LogP contribution < -0.4 is 9.47 Å². The van der Waals surface area contributed by atoms with Crippen LogP contribution in [0.3, 0.4) is 0 Å². The molecule has 1 saturated carbocycles. The van der Waals surface area contributed by atoms with E-state index in [-0.39, 0.29) is 60.7 Å². The maximum Gasteiger partial charge on any atom is 0.329 e. The zero-order valence-electron chi connectivity index (χ0n) is 47.1. The molecule has 0 unspecified atom stereocenters. The lowest BCUT2D eigenvalue weighted by molar-refractivity contribution is -0.264. The zero-order chi connectivity index (χ0) is 55.9. The normalized spacial score (nSPS) is 35.1. The van der Waals surface area contributed by atoms with Gasteiger partial charge in [-0.3, -0.25) is 19.2 Å². The largest absolute Gasteiger partial charge is 0.496 e. The number of aliphatic hydroxyl groups excluding tert-OH is 2. The Kier molecular flexibility index (Phi) is 24.1. The Morgan fingerprint density at radius 3 is 2.29 bits per heavy atom. The van der Waals surface area contributed by atoms with Gasteiger partial charge >= 0.3 is 5.97 Å². The molecule has 0 aromatic heterocycles. The number of fused-ring (bicyclic) bond motifs is 3. The van der Waals surface area contributed by atoms with E-state index in [1.165, 1.54) is 12.0 Å². The highest BCUT2D eigenvalue weighted by Crippen LogP contribution is 2.43. The summed E-state index contributed by atoms with van der Waals surface area (Å²) in [5, 5.41) is 34.5. The summed E-state index contributed by atoms with van der Waals surface area (Å²) in [6.45, 7) is 13.5. The standard InChI is InChI=1S/C60H89NO15/c1-36-17-13-12-14-18-37(2)46(47-33-44(74-28-27-70-8)23-25-51(47)71-9)34-45-22-20-42(7)60(69,76-45)57(66)58(67)61-26-16-15-19-48(61)59(68)75-52(39(4)31-43-21-24-49(62)53(32-43)72-10)35-50(63)38(3)30-41(6)55(65)56(73-11)54(64)40(5)29-36/h12-14,17-18,23,25,30,33,36,38-40,42-43,45-46,48-49,52-53,55-56,62,65,69H,15-16,19-22,24,26-29,31-32,34-35H2,1-11H3/b14-12?,17-13+,37-18?,41-30+/t36-,38-,39-,40-,42-,43+,45+,46+,48+,49-,52+,53-,55+,56+,60-/m1/s1. The number of esters is 1. The number of cyclic esters (lactones) is 1. The molecule has 16 nitrogen and oxygen atoms in total. The van der Waals surface area contributed by atoms with Gasteiger partial charge in [-0.2, -0.15) is 0 Å². The topological polar surface area (TPSA) is 214 Å². The van der Waals surface area contributed by atoms with Gasteiger partial charge in [-0.05, 0) is 126 Å². The van der Waals surface area contributed by atoms with Crippen LogP contribution in [0.5, 0.6) is 11.5 Å². The third-order valence-electron chi connectivity index (χ3n) is 16.4. The Bertz CT molecular complexity index is 2240. The Balaban J connectivity index is 1.55. The molecule has 76 heavy (non-hydrogen) atoms. The average Bonchev–Trinajstić information content (AvgIpc) is 3.40. The summed E-state index contributed by atoms with van der Waals surface area (Å²) in [7, 11) is 6.12. The van der Waals surface area contributed by atoms with Crippen molar-refractivity contribution in [1.82, 2.24) is 4.90 Å². The summed E-state index contributed by atoms with van der Waals surface area (Å²) < 4.78 is 41.1. The number of benzene rings is 1. The number of ether oxygens (including phenoxy) is 7. The van der Waals surface area contributed by atoms with Gasteiger partial charge in [0.25, 0.3) is 11.7 Å². The molecule has 1 aromatic carbocycles. The number of carbonyl (C=O) groups is 5. The Morgan fingerprint density at radius 1 is 0.842 bits per heavy atom. The SMILES string of the molecule is COCCOc1ccc(OC)c([C@H]2C[C@@H]3CC[C@@H](C)[C@@](O)(O3)C(=O)C(=O)N3CCCC[C@H]3C(=O)O[C@H]([C@H](C)C[C@@H]3CC[C@@H](O)[C@H](OC)C3)CC(=O)[C@H](C)/C=C(\C)[C@H](O)[C@@H](OC)C(=O)[C@H](C)C[C@H](C)/C=C/C=CC=C2C)c1. The summed E-state index contributed by atoms with van der Waals surface area (Å²) in [4.78, 5) is 73.2. The van der Waals surface area contributed by atoms with Crippen LogP contribution in [0.4, 0.5) is 0 Å². The number of rotatable bonds is 11. The molecule has 1 amide bonds. The van der Waals surface area contributed by atoms with Crippen LogP contribution >= 0.6 is 0 Å². The molecule has 0 spiro atoms. The number of piperidine rings is 1. The minimum Gasteiger partial charge on any atom is -0.496 e. The molecule has 2 saturated heterocycles. The number of carbonyl (C=O) groups excluding carboxylic acids is 5. The van der Waals surface area contributed by atoms with Gasteiger partial charge in [0.05, 0.1) is 32.0 Å². The highest BCUT2D eigenvalue weighted by molar-refractivity contribution is 6.39. The maximum atomic E-state index is 14.6. The molecule has 15 atom stereocenters. The summed E-state index contributed by atoms with van der Waals surface area (Å²) in [6.07, 6.45) is 11.2. The van der Waals surface area contributed by atoms with Crippen LogP contribution in [0, 0.1) is 35.5 Å².